The van der Waals surface area contributed by atoms with Crippen LogP contribution in [0.5, 0.6) is 17.2 Å². The SMILES string of the molecule is COc1cc(-c2nc3c(ccc4ccccc43)o2)cc(OC)c1OC. The first-order valence-electron chi connectivity index (χ1n) is 7.84. The van der Waals surface area contributed by atoms with E-state index in [1.165, 1.54) is 0 Å². The van der Waals surface area contributed by atoms with E-state index in [-0.39, 0.29) is 0 Å². The van der Waals surface area contributed by atoms with Gasteiger partial charge in [-0.05, 0) is 23.6 Å². The van der Waals surface area contributed by atoms with Gasteiger partial charge in [-0.25, -0.2) is 4.98 Å². The van der Waals surface area contributed by atoms with Gasteiger partial charge in [-0.2, -0.15) is 0 Å². The lowest BCUT2D eigenvalue weighted by Crippen LogP contribution is -1.95. The Morgan fingerprint density at radius 3 is 2.24 bits per heavy atom. The lowest BCUT2D eigenvalue weighted by atomic mass is 10.1. The van der Waals surface area contributed by atoms with E-state index in [0.717, 1.165) is 27.4 Å². The van der Waals surface area contributed by atoms with Crippen LogP contribution in [0.4, 0.5) is 0 Å². The fourth-order valence-electron chi connectivity index (χ4n) is 2.99. The molecular formula is C20H17NO4. The Labute approximate surface area is 144 Å². The second-order valence-corrected chi connectivity index (χ2v) is 5.57. The molecule has 0 fully saturated rings. The van der Waals surface area contributed by atoms with Gasteiger partial charge in [0.2, 0.25) is 11.6 Å². The van der Waals surface area contributed by atoms with Crippen molar-refractivity contribution in [3.05, 3.63) is 48.5 Å². The molecule has 0 atom stereocenters. The molecule has 126 valence electrons. The highest BCUT2D eigenvalue weighted by atomic mass is 16.5. The average Bonchev–Trinajstić information content (AvgIpc) is 3.11. The number of oxazole rings is 1. The van der Waals surface area contributed by atoms with E-state index < -0.39 is 0 Å². The molecule has 0 aliphatic rings. The number of ether oxygens (including phenoxy) is 3. The van der Waals surface area contributed by atoms with Crippen molar-refractivity contribution in [3.63, 3.8) is 0 Å². The van der Waals surface area contributed by atoms with Crippen molar-refractivity contribution in [2.75, 3.05) is 21.3 Å². The highest BCUT2D eigenvalue weighted by Gasteiger charge is 2.18. The second-order valence-electron chi connectivity index (χ2n) is 5.57. The smallest absolute Gasteiger partial charge is 0.227 e. The molecule has 0 bridgehead atoms. The normalized spacial score (nSPS) is 11.0. The maximum absolute atomic E-state index is 5.97. The molecule has 4 rings (SSSR count). The quantitative estimate of drug-likeness (QED) is 0.542. The van der Waals surface area contributed by atoms with Crippen LogP contribution in [0.1, 0.15) is 0 Å². The first-order valence-corrected chi connectivity index (χ1v) is 7.84. The van der Waals surface area contributed by atoms with Crippen LogP contribution in [0.3, 0.4) is 0 Å². The topological polar surface area (TPSA) is 53.7 Å². The molecule has 1 heterocycles. The fourth-order valence-corrected chi connectivity index (χ4v) is 2.99. The molecule has 25 heavy (non-hydrogen) atoms. The number of fused-ring (bicyclic) bond motifs is 3. The number of benzene rings is 3. The van der Waals surface area contributed by atoms with Crippen LogP contribution in [-0.4, -0.2) is 26.3 Å². The standard InChI is InChI=1S/C20H17NO4/c1-22-16-10-13(11-17(23-2)19(16)24-3)20-21-18-14-7-5-4-6-12(14)8-9-15(18)25-20/h4-11H,1-3H3. The minimum absolute atomic E-state index is 0.505. The van der Waals surface area contributed by atoms with Gasteiger partial charge in [0.05, 0.1) is 21.3 Å². The van der Waals surface area contributed by atoms with E-state index in [9.17, 15) is 0 Å². The molecule has 5 heteroatoms. The number of nitrogens with zero attached hydrogens (tertiary/aromatic N) is 1. The first-order chi connectivity index (χ1) is 12.2. The third-order valence-corrected chi connectivity index (χ3v) is 4.20. The summed E-state index contributed by atoms with van der Waals surface area (Å²) in [4.78, 5) is 4.70. The monoisotopic (exact) mass is 335 g/mol. The Morgan fingerprint density at radius 2 is 1.56 bits per heavy atom. The molecule has 0 saturated carbocycles. The summed E-state index contributed by atoms with van der Waals surface area (Å²) < 4.78 is 22.2. The minimum Gasteiger partial charge on any atom is -0.493 e. The van der Waals surface area contributed by atoms with Crippen LogP contribution in [0.25, 0.3) is 33.3 Å². The molecule has 0 amide bonds. The van der Waals surface area contributed by atoms with E-state index in [0.29, 0.717) is 23.1 Å². The number of hydrogen-bond acceptors (Lipinski definition) is 5. The largest absolute Gasteiger partial charge is 0.493 e. The summed E-state index contributed by atoms with van der Waals surface area (Å²) in [6.45, 7) is 0. The average molecular weight is 335 g/mol. The van der Waals surface area contributed by atoms with Crippen LogP contribution in [0.2, 0.25) is 0 Å². The van der Waals surface area contributed by atoms with E-state index in [2.05, 4.69) is 6.07 Å². The van der Waals surface area contributed by atoms with E-state index in [4.69, 9.17) is 23.6 Å². The highest BCUT2D eigenvalue weighted by Crippen LogP contribution is 2.41. The van der Waals surface area contributed by atoms with Crippen molar-refractivity contribution in [2.45, 2.75) is 0 Å². The van der Waals surface area contributed by atoms with Gasteiger partial charge in [-0.3, -0.25) is 0 Å². The van der Waals surface area contributed by atoms with Gasteiger partial charge in [0.25, 0.3) is 0 Å². The Hall–Kier alpha value is -3.21. The highest BCUT2D eigenvalue weighted by molar-refractivity contribution is 6.04. The second kappa shape index (κ2) is 6.02. The zero-order valence-corrected chi connectivity index (χ0v) is 14.2. The lowest BCUT2D eigenvalue weighted by molar-refractivity contribution is 0.324. The van der Waals surface area contributed by atoms with E-state index >= 15 is 0 Å². The van der Waals surface area contributed by atoms with Gasteiger partial charge < -0.3 is 18.6 Å². The molecule has 0 saturated heterocycles. The van der Waals surface area contributed by atoms with Crippen molar-refractivity contribution in [2.24, 2.45) is 0 Å². The molecule has 0 spiro atoms. The van der Waals surface area contributed by atoms with E-state index in [1.807, 2.05) is 42.5 Å². The predicted molar refractivity (Wildman–Crippen MR) is 96.6 cm³/mol. The summed E-state index contributed by atoms with van der Waals surface area (Å²) in [5.41, 5.74) is 2.33. The summed E-state index contributed by atoms with van der Waals surface area (Å²) in [5, 5.41) is 2.18. The van der Waals surface area contributed by atoms with Crippen molar-refractivity contribution < 1.29 is 18.6 Å². The van der Waals surface area contributed by atoms with Crippen LogP contribution in [-0.2, 0) is 0 Å². The molecule has 0 unspecified atom stereocenters. The number of aromatic nitrogens is 1. The fraction of sp³-hybridized carbons (Fsp3) is 0.150. The van der Waals surface area contributed by atoms with Crippen LogP contribution >= 0.6 is 0 Å². The van der Waals surface area contributed by atoms with Gasteiger partial charge in [0.15, 0.2) is 17.1 Å². The number of methoxy groups -OCH3 is 3. The number of hydrogen-bond donors (Lipinski definition) is 0. The summed E-state index contributed by atoms with van der Waals surface area (Å²) >= 11 is 0. The molecule has 5 nitrogen and oxygen atoms in total. The summed E-state index contributed by atoms with van der Waals surface area (Å²) in [6.07, 6.45) is 0. The summed E-state index contributed by atoms with van der Waals surface area (Å²) in [6, 6.07) is 15.7. The predicted octanol–water partition coefficient (Wildman–Crippen LogP) is 4.67. The Balaban J connectivity index is 1.94. The van der Waals surface area contributed by atoms with E-state index in [1.54, 1.807) is 21.3 Å². The molecule has 0 aliphatic carbocycles. The Kier molecular flexibility index (Phi) is 3.69. The van der Waals surface area contributed by atoms with Crippen molar-refractivity contribution in [3.8, 4) is 28.7 Å². The third kappa shape index (κ3) is 2.45. The lowest BCUT2D eigenvalue weighted by Gasteiger charge is -2.12. The molecule has 0 N–H and O–H groups in total. The van der Waals surface area contributed by atoms with Crippen LogP contribution in [0, 0.1) is 0 Å². The summed E-state index contributed by atoms with van der Waals surface area (Å²) in [5.74, 6) is 2.16. The number of rotatable bonds is 4. The van der Waals surface area contributed by atoms with Gasteiger partial charge in [-0.1, -0.05) is 30.3 Å². The summed E-state index contributed by atoms with van der Waals surface area (Å²) in [7, 11) is 4.74. The van der Waals surface area contributed by atoms with Gasteiger partial charge in [0.1, 0.15) is 5.52 Å². The van der Waals surface area contributed by atoms with Crippen molar-refractivity contribution in [1.82, 2.24) is 4.98 Å². The molecular weight excluding hydrogens is 318 g/mol. The van der Waals surface area contributed by atoms with Gasteiger partial charge in [0, 0.05) is 10.9 Å². The van der Waals surface area contributed by atoms with Crippen molar-refractivity contribution in [1.29, 1.82) is 0 Å². The molecule has 3 aromatic carbocycles. The Morgan fingerprint density at radius 1 is 0.840 bits per heavy atom. The maximum atomic E-state index is 5.97. The van der Waals surface area contributed by atoms with Gasteiger partial charge in [-0.15, -0.1) is 0 Å². The minimum atomic E-state index is 0.505. The Bertz CT molecular complexity index is 1040. The van der Waals surface area contributed by atoms with Crippen molar-refractivity contribution >= 4 is 21.9 Å². The molecule has 4 aromatic rings. The zero-order valence-electron chi connectivity index (χ0n) is 14.2. The van der Waals surface area contributed by atoms with Crippen LogP contribution in [0.15, 0.2) is 52.9 Å². The van der Waals surface area contributed by atoms with Crippen LogP contribution < -0.4 is 14.2 Å². The third-order valence-electron chi connectivity index (χ3n) is 4.20. The zero-order chi connectivity index (χ0) is 17.4. The van der Waals surface area contributed by atoms with Gasteiger partial charge >= 0.3 is 0 Å². The molecule has 0 aliphatic heterocycles. The molecule has 1 aromatic heterocycles. The first kappa shape index (κ1) is 15.3. The maximum Gasteiger partial charge on any atom is 0.227 e. The molecule has 0 radical (unpaired) electrons.